The number of sulfone groups is 1. The van der Waals surface area contributed by atoms with Crippen LogP contribution in [0.2, 0.25) is 0 Å². The number of aryl methyl sites for hydroxylation is 1. The van der Waals surface area contributed by atoms with E-state index in [9.17, 15) is 8.42 Å². The van der Waals surface area contributed by atoms with Crippen molar-refractivity contribution < 1.29 is 12.8 Å². The molecule has 0 radical (unpaired) electrons. The smallest absolute Gasteiger partial charge is 0.194 e. The standard InChI is InChI=1S/C10H18N2O3S/c1-3-11-6-4-5-10-12-7-9(15-10)8-16(2,13)14/h7,11H,3-6,8H2,1-2H3. The molecule has 0 aliphatic rings. The fourth-order valence-corrected chi connectivity index (χ4v) is 1.98. The molecule has 0 saturated heterocycles. The summed E-state index contributed by atoms with van der Waals surface area (Å²) in [5, 5.41) is 3.20. The molecule has 0 atom stereocenters. The Balaban J connectivity index is 2.40. The Labute approximate surface area is 96.2 Å². The van der Waals surface area contributed by atoms with E-state index >= 15 is 0 Å². The molecule has 1 rings (SSSR count). The molecule has 1 heterocycles. The van der Waals surface area contributed by atoms with Crippen molar-refractivity contribution in [3.8, 4) is 0 Å². The van der Waals surface area contributed by atoms with Gasteiger partial charge in [-0.15, -0.1) is 0 Å². The van der Waals surface area contributed by atoms with E-state index in [0.717, 1.165) is 25.9 Å². The maximum Gasteiger partial charge on any atom is 0.194 e. The van der Waals surface area contributed by atoms with Gasteiger partial charge in [0.2, 0.25) is 0 Å². The lowest BCUT2D eigenvalue weighted by atomic mass is 10.3. The molecule has 0 aliphatic carbocycles. The summed E-state index contributed by atoms with van der Waals surface area (Å²) < 4.78 is 27.3. The molecule has 0 amide bonds. The van der Waals surface area contributed by atoms with E-state index < -0.39 is 9.84 Å². The predicted octanol–water partition coefficient (Wildman–Crippen LogP) is 0.761. The average molecular weight is 246 g/mol. The van der Waals surface area contributed by atoms with Crippen LogP contribution in [0.4, 0.5) is 0 Å². The van der Waals surface area contributed by atoms with Gasteiger partial charge in [-0.2, -0.15) is 0 Å². The number of nitrogens with one attached hydrogen (secondary N) is 1. The van der Waals surface area contributed by atoms with E-state index in [1.54, 1.807) is 0 Å². The van der Waals surface area contributed by atoms with Gasteiger partial charge in [0.15, 0.2) is 15.7 Å². The van der Waals surface area contributed by atoms with Crippen LogP contribution in [0, 0.1) is 0 Å². The summed E-state index contributed by atoms with van der Waals surface area (Å²) in [5.41, 5.74) is 0. The van der Waals surface area contributed by atoms with Crippen molar-refractivity contribution in [3.05, 3.63) is 17.8 Å². The number of rotatable bonds is 7. The van der Waals surface area contributed by atoms with E-state index in [2.05, 4.69) is 17.2 Å². The van der Waals surface area contributed by atoms with Gasteiger partial charge in [0.25, 0.3) is 0 Å². The highest BCUT2D eigenvalue weighted by Crippen LogP contribution is 2.08. The first kappa shape index (κ1) is 13.2. The minimum absolute atomic E-state index is 0.0762. The normalized spacial score (nSPS) is 11.9. The van der Waals surface area contributed by atoms with Crippen molar-refractivity contribution in [2.45, 2.75) is 25.5 Å². The molecule has 1 aromatic heterocycles. The SMILES string of the molecule is CCNCCCc1ncc(CS(C)(=O)=O)o1. The predicted molar refractivity (Wildman–Crippen MR) is 61.9 cm³/mol. The molecule has 1 N–H and O–H groups in total. The molecule has 6 heteroatoms. The monoisotopic (exact) mass is 246 g/mol. The molecule has 0 fully saturated rings. The molecule has 92 valence electrons. The number of hydrogen-bond acceptors (Lipinski definition) is 5. The average Bonchev–Trinajstić information content (AvgIpc) is 2.58. The molecule has 0 bridgehead atoms. The highest BCUT2D eigenvalue weighted by Gasteiger charge is 2.09. The van der Waals surface area contributed by atoms with Crippen LogP contribution < -0.4 is 5.32 Å². The summed E-state index contributed by atoms with van der Waals surface area (Å²) in [4.78, 5) is 4.04. The molecule has 1 aromatic rings. The molecular weight excluding hydrogens is 228 g/mol. The zero-order valence-electron chi connectivity index (χ0n) is 9.69. The van der Waals surface area contributed by atoms with Gasteiger partial charge in [0.1, 0.15) is 11.5 Å². The fraction of sp³-hybridized carbons (Fsp3) is 0.700. The molecular formula is C10H18N2O3S. The summed E-state index contributed by atoms with van der Waals surface area (Å²) in [6, 6.07) is 0. The highest BCUT2D eigenvalue weighted by atomic mass is 32.2. The lowest BCUT2D eigenvalue weighted by Gasteiger charge is -1.98. The minimum atomic E-state index is -3.04. The van der Waals surface area contributed by atoms with Crippen molar-refractivity contribution >= 4 is 9.84 Å². The highest BCUT2D eigenvalue weighted by molar-refractivity contribution is 7.89. The summed E-state index contributed by atoms with van der Waals surface area (Å²) >= 11 is 0. The van der Waals surface area contributed by atoms with Gasteiger partial charge < -0.3 is 9.73 Å². The third-order valence-corrected chi connectivity index (χ3v) is 2.81. The molecule has 0 saturated carbocycles. The number of oxazole rings is 1. The molecule has 5 nitrogen and oxygen atoms in total. The maximum absolute atomic E-state index is 11.0. The number of hydrogen-bond donors (Lipinski definition) is 1. The largest absolute Gasteiger partial charge is 0.445 e. The van der Waals surface area contributed by atoms with Crippen molar-refractivity contribution in [1.29, 1.82) is 0 Å². The Morgan fingerprint density at radius 3 is 2.88 bits per heavy atom. The third-order valence-electron chi connectivity index (χ3n) is 2.00. The first-order chi connectivity index (χ1) is 7.51. The Morgan fingerprint density at radius 2 is 2.25 bits per heavy atom. The van der Waals surface area contributed by atoms with E-state index in [4.69, 9.17) is 4.42 Å². The van der Waals surface area contributed by atoms with Gasteiger partial charge in [-0.25, -0.2) is 13.4 Å². The second kappa shape index (κ2) is 6.00. The quantitative estimate of drug-likeness (QED) is 0.719. The second-order valence-corrected chi connectivity index (χ2v) is 5.89. The van der Waals surface area contributed by atoms with E-state index in [1.807, 2.05) is 0 Å². The van der Waals surface area contributed by atoms with Gasteiger partial charge in [0, 0.05) is 12.7 Å². The Morgan fingerprint density at radius 1 is 1.50 bits per heavy atom. The molecule has 0 aromatic carbocycles. The Kier molecular flexibility index (Phi) is 4.95. The number of nitrogens with zero attached hydrogens (tertiary/aromatic N) is 1. The topological polar surface area (TPSA) is 72.2 Å². The van der Waals surface area contributed by atoms with Gasteiger partial charge >= 0.3 is 0 Å². The van der Waals surface area contributed by atoms with Crippen molar-refractivity contribution in [1.82, 2.24) is 10.3 Å². The Bertz CT molecular complexity index is 411. The van der Waals surface area contributed by atoms with Gasteiger partial charge in [-0.1, -0.05) is 6.92 Å². The molecule has 0 aliphatic heterocycles. The summed E-state index contributed by atoms with van der Waals surface area (Å²) in [6.45, 7) is 3.92. The van der Waals surface area contributed by atoms with Crippen LogP contribution in [0.25, 0.3) is 0 Å². The van der Waals surface area contributed by atoms with E-state index in [-0.39, 0.29) is 5.75 Å². The first-order valence-electron chi connectivity index (χ1n) is 5.33. The van der Waals surface area contributed by atoms with Crippen LogP contribution in [0.1, 0.15) is 25.0 Å². The van der Waals surface area contributed by atoms with Crippen LogP contribution in [-0.4, -0.2) is 32.7 Å². The summed E-state index contributed by atoms with van der Waals surface area (Å²) in [6.07, 6.45) is 4.34. The molecule has 0 spiro atoms. The lowest BCUT2D eigenvalue weighted by molar-refractivity contribution is 0.456. The van der Waals surface area contributed by atoms with Gasteiger partial charge in [-0.05, 0) is 19.5 Å². The zero-order valence-corrected chi connectivity index (χ0v) is 10.5. The van der Waals surface area contributed by atoms with Gasteiger partial charge in [0.05, 0.1) is 6.20 Å². The first-order valence-corrected chi connectivity index (χ1v) is 7.39. The Hall–Kier alpha value is -0.880. The van der Waals surface area contributed by atoms with Crippen molar-refractivity contribution in [2.75, 3.05) is 19.3 Å². The minimum Gasteiger partial charge on any atom is -0.445 e. The maximum atomic E-state index is 11.0. The third kappa shape index (κ3) is 5.27. The lowest BCUT2D eigenvalue weighted by Crippen LogP contribution is -2.14. The molecule has 0 unspecified atom stereocenters. The fourth-order valence-electron chi connectivity index (χ4n) is 1.33. The van der Waals surface area contributed by atoms with Crippen molar-refractivity contribution in [2.24, 2.45) is 0 Å². The van der Waals surface area contributed by atoms with Crippen LogP contribution in [-0.2, 0) is 22.0 Å². The summed E-state index contributed by atoms with van der Waals surface area (Å²) in [7, 11) is -3.04. The van der Waals surface area contributed by atoms with Crippen LogP contribution in [0.15, 0.2) is 10.6 Å². The van der Waals surface area contributed by atoms with Crippen LogP contribution in [0.5, 0.6) is 0 Å². The van der Waals surface area contributed by atoms with E-state index in [1.165, 1.54) is 12.5 Å². The molecule has 16 heavy (non-hydrogen) atoms. The van der Waals surface area contributed by atoms with Gasteiger partial charge in [-0.3, -0.25) is 0 Å². The van der Waals surface area contributed by atoms with Crippen LogP contribution >= 0.6 is 0 Å². The van der Waals surface area contributed by atoms with Crippen LogP contribution in [0.3, 0.4) is 0 Å². The number of aromatic nitrogens is 1. The van der Waals surface area contributed by atoms with E-state index in [0.29, 0.717) is 11.7 Å². The zero-order chi connectivity index (χ0) is 12.0. The second-order valence-electron chi connectivity index (χ2n) is 3.75. The van der Waals surface area contributed by atoms with Crippen molar-refractivity contribution in [3.63, 3.8) is 0 Å². The summed E-state index contributed by atoms with van der Waals surface area (Å²) in [5.74, 6) is 0.949.